The molecule has 0 aliphatic carbocycles. The van der Waals surface area contributed by atoms with Gasteiger partial charge in [-0.3, -0.25) is 0 Å². The number of benzene rings is 2. The lowest BCUT2D eigenvalue weighted by Crippen LogP contribution is -2.04. The third-order valence-electron chi connectivity index (χ3n) is 3.50. The normalized spacial score (nSPS) is 14.2. The van der Waals surface area contributed by atoms with Crippen molar-refractivity contribution in [1.82, 2.24) is 0 Å². The molecule has 2 unspecified atom stereocenters. The summed E-state index contributed by atoms with van der Waals surface area (Å²) in [5, 5.41) is 0. The topological polar surface area (TPSA) is 0 Å². The first kappa shape index (κ1) is 13.4. The van der Waals surface area contributed by atoms with E-state index in [1.165, 1.54) is 22.3 Å². The summed E-state index contributed by atoms with van der Waals surface area (Å²) in [6.45, 7) is 6.60. The SMILES string of the molecule is Cc1ccc(C)c(C(Br)C(C)c2ccccc2)c1. The van der Waals surface area contributed by atoms with Gasteiger partial charge in [0.15, 0.2) is 0 Å². The predicted molar refractivity (Wildman–Crippen MR) is 82.4 cm³/mol. The van der Waals surface area contributed by atoms with Gasteiger partial charge in [-0.1, -0.05) is 76.9 Å². The maximum atomic E-state index is 3.87. The zero-order chi connectivity index (χ0) is 13.1. The maximum Gasteiger partial charge on any atom is 0.0463 e. The highest BCUT2D eigenvalue weighted by molar-refractivity contribution is 9.09. The summed E-state index contributed by atoms with van der Waals surface area (Å²) >= 11 is 3.87. The first-order valence-corrected chi connectivity index (χ1v) is 7.27. The second kappa shape index (κ2) is 5.71. The average molecular weight is 303 g/mol. The van der Waals surface area contributed by atoms with E-state index in [2.05, 4.69) is 85.2 Å². The molecule has 2 rings (SSSR count). The van der Waals surface area contributed by atoms with E-state index in [4.69, 9.17) is 0 Å². The molecule has 0 aliphatic heterocycles. The van der Waals surface area contributed by atoms with Crippen LogP contribution in [0.4, 0.5) is 0 Å². The Kier molecular flexibility index (Phi) is 4.23. The van der Waals surface area contributed by atoms with Gasteiger partial charge in [-0.25, -0.2) is 0 Å². The number of rotatable bonds is 3. The summed E-state index contributed by atoms with van der Waals surface area (Å²) in [7, 11) is 0. The van der Waals surface area contributed by atoms with E-state index in [0.29, 0.717) is 10.7 Å². The van der Waals surface area contributed by atoms with Crippen molar-refractivity contribution in [3.05, 3.63) is 70.8 Å². The number of halogens is 1. The van der Waals surface area contributed by atoms with Crippen LogP contribution in [0.1, 0.15) is 39.9 Å². The van der Waals surface area contributed by atoms with Crippen LogP contribution in [-0.2, 0) is 0 Å². The largest absolute Gasteiger partial charge is 0.0832 e. The monoisotopic (exact) mass is 302 g/mol. The number of alkyl halides is 1. The first-order valence-electron chi connectivity index (χ1n) is 6.35. The lowest BCUT2D eigenvalue weighted by atomic mass is 9.91. The van der Waals surface area contributed by atoms with E-state index < -0.39 is 0 Å². The number of aryl methyl sites for hydroxylation is 2. The third-order valence-corrected chi connectivity index (χ3v) is 4.78. The molecule has 2 aromatic carbocycles. The smallest absolute Gasteiger partial charge is 0.0463 e. The van der Waals surface area contributed by atoms with Gasteiger partial charge in [0.2, 0.25) is 0 Å². The molecule has 0 heterocycles. The van der Waals surface area contributed by atoms with Gasteiger partial charge in [-0.15, -0.1) is 0 Å². The Morgan fingerprint density at radius 2 is 1.61 bits per heavy atom. The van der Waals surface area contributed by atoms with Crippen LogP contribution in [0.2, 0.25) is 0 Å². The van der Waals surface area contributed by atoms with Gasteiger partial charge in [0, 0.05) is 4.83 Å². The summed E-state index contributed by atoms with van der Waals surface area (Å²) in [4.78, 5) is 0.361. The van der Waals surface area contributed by atoms with Gasteiger partial charge in [0.1, 0.15) is 0 Å². The zero-order valence-corrected chi connectivity index (χ0v) is 12.7. The van der Waals surface area contributed by atoms with Crippen LogP contribution in [0.5, 0.6) is 0 Å². The molecular formula is C17H19Br. The quantitative estimate of drug-likeness (QED) is 0.653. The molecule has 0 fully saturated rings. The third kappa shape index (κ3) is 2.84. The van der Waals surface area contributed by atoms with Crippen molar-refractivity contribution in [2.75, 3.05) is 0 Å². The van der Waals surface area contributed by atoms with Crippen molar-refractivity contribution < 1.29 is 0 Å². The Balaban J connectivity index is 2.31. The van der Waals surface area contributed by atoms with E-state index >= 15 is 0 Å². The fourth-order valence-corrected chi connectivity index (χ4v) is 3.05. The molecule has 0 aromatic heterocycles. The number of hydrogen-bond donors (Lipinski definition) is 0. The minimum absolute atomic E-state index is 0.361. The fraction of sp³-hybridized carbons (Fsp3) is 0.294. The molecule has 0 amide bonds. The summed E-state index contributed by atoms with van der Waals surface area (Å²) < 4.78 is 0. The molecule has 94 valence electrons. The Hall–Kier alpha value is -1.08. The lowest BCUT2D eigenvalue weighted by Gasteiger charge is -2.21. The van der Waals surface area contributed by atoms with Gasteiger partial charge in [-0.05, 0) is 36.5 Å². The molecule has 2 aromatic rings. The van der Waals surface area contributed by atoms with Crippen molar-refractivity contribution in [3.8, 4) is 0 Å². The average Bonchev–Trinajstić information content (AvgIpc) is 2.41. The molecule has 0 spiro atoms. The second-order valence-electron chi connectivity index (χ2n) is 4.96. The molecular weight excluding hydrogens is 284 g/mol. The molecule has 0 saturated heterocycles. The molecule has 18 heavy (non-hydrogen) atoms. The van der Waals surface area contributed by atoms with Crippen LogP contribution in [0.25, 0.3) is 0 Å². The molecule has 0 nitrogen and oxygen atoms in total. The Labute approximate surface area is 118 Å². The standard InChI is InChI=1S/C17H19Br/c1-12-9-10-13(2)16(11-12)17(18)14(3)15-7-5-4-6-8-15/h4-11,14,17H,1-3H3. The molecule has 0 aliphatic rings. The Morgan fingerprint density at radius 1 is 0.944 bits per heavy atom. The van der Waals surface area contributed by atoms with Gasteiger partial charge in [0.25, 0.3) is 0 Å². The molecule has 0 N–H and O–H groups in total. The molecule has 0 bridgehead atoms. The van der Waals surface area contributed by atoms with Gasteiger partial charge >= 0.3 is 0 Å². The summed E-state index contributed by atoms with van der Waals surface area (Å²) in [5.74, 6) is 0.465. The highest BCUT2D eigenvalue weighted by atomic mass is 79.9. The Morgan fingerprint density at radius 3 is 2.28 bits per heavy atom. The van der Waals surface area contributed by atoms with Crippen molar-refractivity contribution in [3.63, 3.8) is 0 Å². The highest BCUT2D eigenvalue weighted by Crippen LogP contribution is 2.39. The van der Waals surface area contributed by atoms with Crippen LogP contribution in [0.3, 0.4) is 0 Å². The second-order valence-corrected chi connectivity index (χ2v) is 5.95. The van der Waals surface area contributed by atoms with E-state index in [1.807, 2.05) is 0 Å². The summed E-state index contributed by atoms with van der Waals surface area (Å²) in [5.41, 5.74) is 5.44. The van der Waals surface area contributed by atoms with Gasteiger partial charge in [-0.2, -0.15) is 0 Å². The fourth-order valence-electron chi connectivity index (χ4n) is 2.25. The Bertz CT molecular complexity index is 516. The van der Waals surface area contributed by atoms with Gasteiger partial charge in [0.05, 0.1) is 0 Å². The van der Waals surface area contributed by atoms with E-state index in [0.717, 1.165) is 0 Å². The lowest BCUT2D eigenvalue weighted by molar-refractivity contribution is 0.747. The van der Waals surface area contributed by atoms with Crippen molar-refractivity contribution in [2.45, 2.75) is 31.5 Å². The van der Waals surface area contributed by atoms with Crippen molar-refractivity contribution in [2.24, 2.45) is 0 Å². The molecule has 2 atom stereocenters. The van der Waals surface area contributed by atoms with Crippen LogP contribution in [-0.4, -0.2) is 0 Å². The summed E-state index contributed by atoms with van der Waals surface area (Å²) in [6.07, 6.45) is 0. The minimum atomic E-state index is 0.361. The van der Waals surface area contributed by atoms with Crippen LogP contribution < -0.4 is 0 Å². The predicted octanol–water partition coefficient (Wildman–Crippen LogP) is 5.54. The minimum Gasteiger partial charge on any atom is -0.0832 e. The van der Waals surface area contributed by atoms with Crippen LogP contribution in [0.15, 0.2) is 48.5 Å². The van der Waals surface area contributed by atoms with Crippen molar-refractivity contribution in [1.29, 1.82) is 0 Å². The molecule has 1 heteroatoms. The van der Waals surface area contributed by atoms with Crippen molar-refractivity contribution >= 4 is 15.9 Å². The molecule has 0 radical (unpaired) electrons. The first-order chi connectivity index (χ1) is 8.59. The zero-order valence-electron chi connectivity index (χ0n) is 11.2. The van der Waals surface area contributed by atoms with E-state index in [-0.39, 0.29) is 0 Å². The number of hydrogen-bond acceptors (Lipinski definition) is 0. The van der Waals surface area contributed by atoms with E-state index in [9.17, 15) is 0 Å². The molecule has 0 saturated carbocycles. The summed E-state index contributed by atoms with van der Waals surface area (Å²) in [6, 6.07) is 17.3. The van der Waals surface area contributed by atoms with Gasteiger partial charge < -0.3 is 0 Å². The highest BCUT2D eigenvalue weighted by Gasteiger charge is 2.19. The maximum absolute atomic E-state index is 3.87. The van der Waals surface area contributed by atoms with Crippen LogP contribution >= 0.6 is 15.9 Å². The van der Waals surface area contributed by atoms with E-state index in [1.54, 1.807) is 0 Å². The van der Waals surface area contributed by atoms with Crippen LogP contribution in [0, 0.1) is 13.8 Å².